The maximum Gasteiger partial charge on any atom is 0.274 e. The lowest BCUT2D eigenvalue weighted by molar-refractivity contribution is 0.0769. The number of anilines is 1. The van der Waals surface area contributed by atoms with E-state index in [0.717, 1.165) is 6.42 Å². The van der Waals surface area contributed by atoms with E-state index in [-0.39, 0.29) is 11.8 Å². The molecule has 1 atom stereocenters. The van der Waals surface area contributed by atoms with Crippen molar-refractivity contribution in [3.63, 3.8) is 0 Å². The van der Waals surface area contributed by atoms with Gasteiger partial charge >= 0.3 is 0 Å². The second-order valence-electron chi connectivity index (χ2n) is 5.39. The molecule has 1 unspecified atom stereocenters. The van der Waals surface area contributed by atoms with Crippen molar-refractivity contribution in [2.45, 2.75) is 40.0 Å². The van der Waals surface area contributed by atoms with E-state index in [1.807, 2.05) is 13.8 Å². The fourth-order valence-electron chi connectivity index (χ4n) is 1.71. The molecule has 1 heterocycles. The number of nitrogens with two attached hydrogens (primary N) is 1. The highest BCUT2D eigenvalue weighted by molar-refractivity contribution is 5.96. The largest absolute Gasteiger partial charge is 0.396 e. The van der Waals surface area contributed by atoms with Gasteiger partial charge in [0.25, 0.3) is 5.91 Å². The van der Waals surface area contributed by atoms with Crippen molar-refractivity contribution in [3.05, 3.63) is 17.7 Å². The molecule has 0 radical (unpaired) electrons. The van der Waals surface area contributed by atoms with Gasteiger partial charge in [0.05, 0.1) is 11.9 Å². The molecule has 0 aliphatic heterocycles. The topological polar surface area (TPSA) is 72.1 Å². The van der Waals surface area contributed by atoms with Crippen LogP contribution in [0, 0.1) is 5.92 Å². The first-order valence-electron chi connectivity index (χ1n) is 6.74. The third-order valence-electron chi connectivity index (χ3n) is 3.18. The number of carbonyl (C=O) groups is 1. The van der Waals surface area contributed by atoms with Gasteiger partial charge < -0.3 is 10.6 Å². The lowest BCUT2D eigenvalue weighted by Gasteiger charge is -2.21. The highest BCUT2D eigenvalue weighted by Crippen LogP contribution is 2.15. The van der Waals surface area contributed by atoms with E-state index in [1.54, 1.807) is 11.9 Å². The van der Waals surface area contributed by atoms with E-state index >= 15 is 0 Å². The lowest BCUT2D eigenvalue weighted by Crippen LogP contribution is -2.32. The predicted molar refractivity (Wildman–Crippen MR) is 76.9 cm³/mol. The fraction of sp³-hybridized carbons (Fsp3) is 0.643. The third kappa shape index (κ3) is 3.91. The summed E-state index contributed by atoms with van der Waals surface area (Å²) in [6.07, 6.45) is 2.56. The van der Waals surface area contributed by atoms with Gasteiger partial charge in [0.15, 0.2) is 5.69 Å². The van der Waals surface area contributed by atoms with Gasteiger partial charge in [-0.1, -0.05) is 34.1 Å². The first-order valence-corrected chi connectivity index (χ1v) is 6.74. The molecule has 1 rings (SSSR count). The number of rotatable bonds is 5. The van der Waals surface area contributed by atoms with E-state index in [4.69, 9.17) is 5.73 Å². The Kier molecular flexibility index (Phi) is 5.27. The van der Waals surface area contributed by atoms with Crippen molar-refractivity contribution >= 4 is 11.6 Å². The molecule has 1 amide bonds. The average Bonchev–Trinajstić information content (AvgIpc) is 2.37. The van der Waals surface area contributed by atoms with Gasteiger partial charge in [0.1, 0.15) is 5.82 Å². The second-order valence-corrected chi connectivity index (χ2v) is 5.39. The molecule has 2 N–H and O–H groups in total. The number of hydrogen-bond donors (Lipinski definition) is 1. The molecule has 0 aliphatic rings. The Bertz CT molecular complexity index is 445. The van der Waals surface area contributed by atoms with Gasteiger partial charge in [0.2, 0.25) is 0 Å². The lowest BCUT2D eigenvalue weighted by atomic mass is 10.1. The Morgan fingerprint density at radius 1 is 1.42 bits per heavy atom. The monoisotopic (exact) mass is 264 g/mol. The van der Waals surface area contributed by atoms with Crippen LogP contribution in [0.3, 0.4) is 0 Å². The van der Waals surface area contributed by atoms with Crippen LogP contribution < -0.4 is 5.73 Å². The van der Waals surface area contributed by atoms with Gasteiger partial charge in [-0.25, -0.2) is 9.97 Å². The minimum absolute atomic E-state index is 0.137. The number of aromatic nitrogens is 2. The SMILES string of the molecule is CCC(C)CN(C)C(=O)c1nc(C(C)C)ncc1N. The minimum atomic E-state index is -0.137. The molecule has 0 saturated heterocycles. The zero-order chi connectivity index (χ0) is 14.6. The van der Waals surface area contributed by atoms with Gasteiger partial charge in [-0.3, -0.25) is 4.79 Å². The van der Waals surface area contributed by atoms with E-state index in [2.05, 4.69) is 23.8 Å². The smallest absolute Gasteiger partial charge is 0.274 e. The summed E-state index contributed by atoms with van der Waals surface area (Å²) >= 11 is 0. The van der Waals surface area contributed by atoms with Crippen LogP contribution in [0.2, 0.25) is 0 Å². The van der Waals surface area contributed by atoms with E-state index in [1.165, 1.54) is 6.20 Å². The first kappa shape index (κ1) is 15.4. The molecule has 1 aromatic rings. The molecule has 0 saturated carbocycles. The second kappa shape index (κ2) is 6.50. The van der Waals surface area contributed by atoms with Crippen molar-refractivity contribution in [3.8, 4) is 0 Å². The molecule has 106 valence electrons. The summed E-state index contributed by atoms with van der Waals surface area (Å²) in [4.78, 5) is 22.5. The average molecular weight is 264 g/mol. The zero-order valence-electron chi connectivity index (χ0n) is 12.5. The van der Waals surface area contributed by atoms with Crippen LogP contribution in [0.5, 0.6) is 0 Å². The van der Waals surface area contributed by atoms with Gasteiger partial charge in [0, 0.05) is 19.5 Å². The quantitative estimate of drug-likeness (QED) is 0.885. The molecule has 0 spiro atoms. The summed E-state index contributed by atoms with van der Waals surface area (Å²) < 4.78 is 0. The van der Waals surface area contributed by atoms with Crippen molar-refractivity contribution in [1.29, 1.82) is 0 Å². The van der Waals surface area contributed by atoms with Crippen molar-refractivity contribution in [2.75, 3.05) is 19.3 Å². The molecule has 0 aliphatic carbocycles. The van der Waals surface area contributed by atoms with Crippen LogP contribution in [-0.4, -0.2) is 34.4 Å². The Hall–Kier alpha value is -1.65. The number of hydrogen-bond acceptors (Lipinski definition) is 4. The maximum absolute atomic E-state index is 12.3. The first-order chi connectivity index (χ1) is 8.86. The minimum Gasteiger partial charge on any atom is -0.396 e. The molecule has 0 bridgehead atoms. The highest BCUT2D eigenvalue weighted by atomic mass is 16.2. The molecule has 1 aromatic heterocycles. The highest BCUT2D eigenvalue weighted by Gasteiger charge is 2.19. The predicted octanol–water partition coefficient (Wildman–Crippen LogP) is 2.30. The molecule has 5 nitrogen and oxygen atoms in total. The Balaban J connectivity index is 2.95. The summed E-state index contributed by atoms with van der Waals surface area (Å²) in [6.45, 7) is 8.91. The van der Waals surface area contributed by atoms with E-state index in [0.29, 0.717) is 29.7 Å². The van der Waals surface area contributed by atoms with Crippen LogP contribution in [0.25, 0.3) is 0 Å². The van der Waals surface area contributed by atoms with Crippen LogP contribution >= 0.6 is 0 Å². The van der Waals surface area contributed by atoms with Crippen LogP contribution in [0.15, 0.2) is 6.20 Å². The molecule has 0 aromatic carbocycles. The normalized spacial score (nSPS) is 12.5. The molecule has 5 heteroatoms. The summed E-state index contributed by atoms with van der Waals surface area (Å²) in [5.74, 6) is 1.14. The van der Waals surface area contributed by atoms with Crippen LogP contribution in [0.4, 0.5) is 5.69 Å². The van der Waals surface area contributed by atoms with Crippen molar-refractivity contribution in [2.24, 2.45) is 5.92 Å². The number of carbonyl (C=O) groups excluding carboxylic acids is 1. The molecule has 0 fully saturated rings. The number of nitrogen functional groups attached to an aromatic ring is 1. The van der Waals surface area contributed by atoms with Crippen molar-refractivity contribution in [1.82, 2.24) is 14.9 Å². The summed E-state index contributed by atoms with van der Waals surface area (Å²) in [5, 5.41) is 0. The fourth-order valence-corrected chi connectivity index (χ4v) is 1.71. The number of nitrogens with zero attached hydrogens (tertiary/aromatic N) is 3. The molecular weight excluding hydrogens is 240 g/mol. The van der Waals surface area contributed by atoms with Gasteiger partial charge in [-0.05, 0) is 5.92 Å². The van der Waals surface area contributed by atoms with E-state index < -0.39 is 0 Å². The Morgan fingerprint density at radius 2 is 2.05 bits per heavy atom. The van der Waals surface area contributed by atoms with E-state index in [9.17, 15) is 4.79 Å². The Labute approximate surface area is 115 Å². The van der Waals surface area contributed by atoms with Crippen molar-refractivity contribution < 1.29 is 4.79 Å². The molecule has 19 heavy (non-hydrogen) atoms. The van der Waals surface area contributed by atoms with Gasteiger partial charge in [-0.15, -0.1) is 0 Å². The summed E-state index contributed by atoms with van der Waals surface area (Å²) in [5.41, 5.74) is 6.47. The molecular formula is C14H24N4O. The summed E-state index contributed by atoms with van der Waals surface area (Å²) in [7, 11) is 1.78. The third-order valence-corrected chi connectivity index (χ3v) is 3.18. The maximum atomic E-state index is 12.3. The standard InChI is InChI=1S/C14H24N4O/c1-6-10(4)8-18(5)14(19)12-11(15)7-16-13(17-12)9(2)3/h7,9-10H,6,8,15H2,1-5H3. The Morgan fingerprint density at radius 3 is 2.58 bits per heavy atom. The number of amides is 1. The van der Waals surface area contributed by atoms with Crippen LogP contribution in [-0.2, 0) is 0 Å². The van der Waals surface area contributed by atoms with Crippen LogP contribution in [0.1, 0.15) is 56.3 Å². The summed E-state index contributed by atoms with van der Waals surface area (Å²) in [6, 6.07) is 0. The van der Waals surface area contributed by atoms with Gasteiger partial charge in [-0.2, -0.15) is 0 Å². The zero-order valence-corrected chi connectivity index (χ0v) is 12.5.